The van der Waals surface area contributed by atoms with Crippen LogP contribution in [0.3, 0.4) is 0 Å². The summed E-state index contributed by atoms with van der Waals surface area (Å²) < 4.78 is 10.5. The van der Waals surface area contributed by atoms with Gasteiger partial charge in [0.25, 0.3) is 0 Å². The Bertz CT molecular complexity index is 437. The second kappa shape index (κ2) is 5.36. The molecule has 1 aromatic rings. The second-order valence-electron chi connectivity index (χ2n) is 4.95. The highest BCUT2D eigenvalue weighted by Gasteiger charge is 2.44. The Hall–Kier alpha value is -1.30. The van der Waals surface area contributed by atoms with Gasteiger partial charge in [0.1, 0.15) is 6.10 Å². The smallest absolute Gasteiger partial charge is 0.161 e. The van der Waals surface area contributed by atoms with Crippen LogP contribution >= 0.6 is 0 Å². The number of benzene rings is 1. The molecule has 0 saturated carbocycles. The number of nitrogens with zero attached hydrogens (tertiary/aromatic N) is 1. The van der Waals surface area contributed by atoms with Crippen LogP contribution < -0.4 is 9.47 Å². The first-order valence-corrected chi connectivity index (χ1v) is 6.31. The van der Waals surface area contributed by atoms with E-state index in [4.69, 9.17) is 9.47 Å². The molecule has 106 valence electrons. The van der Waals surface area contributed by atoms with Gasteiger partial charge in [-0.3, -0.25) is 4.90 Å². The van der Waals surface area contributed by atoms with Crippen LogP contribution in [0.25, 0.3) is 0 Å². The molecule has 1 aliphatic heterocycles. The quantitative estimate of drug-likeness (QED) is 0.848. The molecule has 0 bridgehead atoms. The minimum Gasteiger partial charge on any atom is -0.493 e. The minimum absolute atomic E-state index is 0.0897. The summed E-state index contributed by atoms with van der Waals surface area (Å²) in [6, 6.07) is 5.20. The Balaban J connectivity index is 2.37. The molecule has 0 amide bonds. The highest BCUT2D eigenvalue weighted by molar-refractivity contribution is 5.44. The number of likely N-dealkylation sites (N-methyl/N-ethyl adjacent to an activating group) is 1. The van der Waals surface area contributed by atoms with Crippen molar-refractivity contribution < 1.29 is 19.7 Å². The number of likely N-dealkylation sites (tertiary alicyclic amines) is 1. The van der Waals surface area contributed by atoms with Crippen LogP contribution in [-0.2, 0) is 0 Å². The first kappa shape index (κ1) is 14.1. The van der Waals surface area contributed by atoms with Gasteiger partial charge in [-0.2, -0.15) is 0 Å². The van der Waals surface area contributed by atoms with Crippen LogP contribution in [0, 0.1) is 0 Å². The average Bonchev–Trinajstić information content (AvgIpc) is 2.62. The normalized spacial score (nSPS) is 31.5. The molecule has 2 N–H and O–H groups in total. The van der Waals surface area contributed by atoms with Gasteiger partial charge >= 0.3 is 0 Å². The lowest BCUT2D eigenvalue weighted by Crippen LogP contribution is -2.30. The topological polar surface area (TPSA) is 62.2 Å². The highest BCUT2D eigenvalue weighted by Crippen LogP contribution is 2.38. The van der Waals surface area contributed by atoms with Gasteiger partial charge in [0, 0.05) is 6.04 Å². The van der Waals surface area contributed by atoms with Crippen molar-refractivity contribution in [1.82, 2.24) is 4.90 Å². The van der Waals surface area contributed by atoms with E-state index in [2.05, 4.69) is 0 Å². The lowest BCUT2D eigenvalue weighted by molar-refractivity contribution is 0.0300. The highest BCUT2D eigenvalue weighted by atomic mass is 16.5. The van der Waals surface area contributed by atoms with E-state index in [1.807, 2.05) is 37.1 Å². The van der Waals surface area contributed by atoms with Gasteiger partial charge in [-0.25, -0.2) is 0 Å². The zero-order valence-corrected chi connectivity index (χ0v) is 11.7. The molecule has 1 fully saturated rings. The van der Waals surface area contributed by atoms with E-state index >= 15 is 0 Å². The van der Waals surface area contributed by atoms with Gasteiger partial charge in [0.2, 0.25) is 0 Å². The number of hydrogen-bond acceptors (Lipinski definition) is 5. The molecule has 1 saturated heterocycles. The zero-order valence-electron chi connectivity index (χ0n) is 11.7. The summed E-state index contributed by atoms with van der Waals surface area (Å²) in [6.45, 7) is 1.90. The summed E-state index contributed by atoms with van der Waals surface area (Å²) in [6.07, 6.45) is -1.55. The van der Waals surface area contributed by atoms with Crippen molar-refractivity contribution in [3.8, 4) is 11.5 Å². The van der Waals surface area contributed by atoms with E-state index < -0.39 is 12.2 Å². The number of aliphatic hydroxyl groups excluding tert-OH is 2. The van der Waals surface area contributed by atoms with Gasteiger partial charge in [-0.15, -0.1) is 0 Å². The average molecular weight is 267 g/mol. The molecule has 0 spiro atoms. The molecule has 1 aromatic carbocycles. The summed E-state index contributed by atoms with van der Waals surface area (Å²) in [5, 5.41) is 20.1. The summed E-state index contributed by atoms with van der Waals surface area (Å²) in [5.41, 5.74) is 0.899. The standard InChI is InChI=1S/C14H21NO4/c1-8-13(16)14(17)12(15(8)2)9-5-6-10(18-3)11(7-9)19-4/h5-8,12-14,16-17H,1-4H3/t8-,12-,13-,14-/m0/s1. The molecule has 0 aromatic heterocycles. The molecular weight excluding hydrogens is 246 g/mol. The van der Waals surface area contributed by atoms with Gasteiger partial charge < -0.3 is 19.7 Å². The number of rotatable bonds is 3. The van der Waals surface area contributed by atoms with Gasteiger partial charge in [0.15, 0.2) is 11.5 Å². The van der Waals surface area contributed by atoms with Crippen LogP contribution in [0.5, 0.6) is 11.5 Å². The van der Waals surface area contributed by atoms with Crippen molar-refractivity contribution in [2.24, 2.45) is 0 Å². The van der Waals surface area contributed by atoms with Crippen LogP contribution in [0.15, 0.2) is 18.2 Å². The first-order valence-electron chi connectivity index (χ1n) is 6.31. The Morgan fingerprint density at radius 1 is 1.05 bits per heavy atom. The maximum Gasteiger partial charge on any atom is 0.161 e. The van der Waals surface area contributed by atoms with Crippen molar-refractivity contribution >= 4 is 0 Å². The Morgan fingerprint density at radius 3 is 2.16 bits per heavy atom. The maximum atomic E-state index is 10.2. The second-order valence-corrected chi connectivity index (χ2v) is 4.95. The largest absolute Gasteiger partial charge is 0.493 e. The number of hydrogen-bond donors (Lipinski definition) is 2. The van der Waals surface area contributed by atoms with E-state index in [0.717, 1.165) is 5.56 Å². The Labute approximate surface area is 113 Å². The fourth-order valence-electron chi connectivity index (χ4n) is 2.68. The molecule has 1 heterocycles. The summed E-state index contributed by atoms with van der Waals surface area (Å²) in [4.78, 5) is 1.97. The van der Waals surface area contributed by atoms with Gasteiger partial charge in [0.05, 0.1) is 26.4 Å². The molecule has 0 unspecified atom stereocenters. The summed E-state index contributed by atoms with van der Waals surface area (Å²) >= 11 is 0. The first-order chi connectivity index (χ1) is 9.01. The van der Waals surface area contributed by atoms with E-state index in [0.29, 0.717) is 11.5 Å². The predicted octanol–water partition coefficient (Wildman–Crippen LogP) is 0.801. The molecule has 19 heavy (non-hydrogen) atoms. The molecule has 5 nitrogen and oxygen atoms in total. The van der Waals surface area contributed by atoms with Crippen molar-refractivity contribution in [1.29, 1.82) is 0 Å². The van der Waals surface area contributed by atoms with Crippen molar-refractivity contribution in [3.05, 3.63) is 23.8 Å². The van der Waals surface area contributed by atoms with Gasteiger partial charge in [-0.05, 0) is 31.7 Å². The number of methoxy groups -OCH3 is 2. The van der Waals surface area contributed by atoms with Crippen LogP contribution in [0.2, 0.25) is 0 Å². The van der Waals surface area contributed by atoms with E-state index in [1.165, 1.54) is 0 Å². The molecule has 5 heteroatoms. The third-order valence-electron chi connectivity index (χ3n) is 4.00. The van der Waals surface area contributed by atoms with Gasteiger partial charge in [-0.1, -0.05) is 6.07 Å². The molecular formula is C14H21NO4. The fourth-order valence-corrected chi connectivity index (χ4v) is 2.68. The zero-order chi connectivity index (χ0) is 14.2. The molecule has 1 aliphatic rings. The van der Waals surface area contributed by atoms with Crippen LogP contribution in [0.4, 0.5) is 0 Å². The van der Waals surface area contributed by atoms with E-state index in [1.54, 1.807) is 14.2 Å². The van der Waals surface area contributed by atoms with E-state index in [9.17, 15) is 10.2 Å². The fraction of sp³-hybridized carbons (Fsp3) is 0.571. The third kappa shape index (κ3) is 2.29. The Morgan fingerprint density at radius 2 is 1.68 bits per heavy atom. The van der Waals surface area contributed by atoms with Crippen molar-refractivity contribution in [3.63, 3.8) is 0 Å². The van der Waals surface area contributed by atoms with Crippen LogP contribution in [-0.4, -0.2) is 54.6 Å². The van der Waals surface area contributed by atoms with Crippen molar-refractivity contribution in [2.75, 3.05) is 21.3 Å². The maximum absolute atomic E-state index is 10.2. The third-order valence-corrected chi connectivity index (χ3v) is 4.00. The molecule has 0 radical (unpaired) electrons. The van der Waals surface area contributed by atoms with E-state index in [-0.39, 0.29) is 12.1 Å². The molecule has 0 aliphatic carbocycles. The summed E-state index contributed by atoms with van der Waals surface area (Å²) in [5.74, 6) is 1.27. The summed E-state index contributed by atoms with van der Waals surface area (Å²) in [7, 11) is 5.05. The number of ether oxygens (including phenoxy) is 2. The predicted molar refractivity (Wildman–Crippen MR) is 71.5 cm³/mol. The lowest BCUT2D eigenvalue weighted by atomic mass is 10.0. The van der Waals surface area contributed by atoms with Crippen LogP contribution in [0.1, 0.15) is 18.5 Å². The molecule has 4 atom stereocenters. The lowest BCUT2D eigenvalue weighted by Gasteiger charge is -2.25. The Kier molecular flexibility index (Phi) is 3.99. The van der Waals surface area contributed by atoms with Crippen molar-refractivity contribution in [2.45, 2.75) is 31.2 Å². The SMILES string of the molecule is COc1ccc([C@H]2[C@H](O)[C@@H](O)[C@H](C)N2C)cc1OC. The monoisotopic (exact) mass is 267 g/mol. The number of aliphatic hydroxyl groups is 2. The minimum atomic E-state index is -0.807. The molecule has 2 rings (SSSR count).